The maximum Gasteiger partial charge on any atom is 0.311 e. The number of carbonyl (C=O) groups excluding carboxylic acids is 4. The third kappa shape index (κ3) is 9.98. The Bertz CT molecular complexity index is 1220. The highest BCUT2D eigenvalue weighted by atomic mass is 16.7. The molecule has 1 aliphatic rings. The summed E-state index contributed by atoms with van der Waals surface area (Å²) in [5.41, 5.74) is -3.86. The number of rotatable bonds is 9. The Kier molecular flexibility index (Phi) is 12.2. The van der Waals surface area contributed by atoms with Crippen molar-refractivity contribution in [3.63, 3.8) is 0 Å². The van der Waals surface area contributed by atoms with E-state index in [-0.39, 0.29) is 17.2 Å². The molecule has 1 heterocycles. The summed E-state index contributed by atoms with van der Waals surface area (Å²) < 4.78 is 47.3. The standard InChI is InChI=1S/C34H52O12/c1-31(2,3)27(35)41-18-21-23(44-28(36)32(4,5)6)24(45-29(37)33(7,8)9)25(46-30(38)34(10,11)12)26(42-21)43-22-19(39-13)16-15-17-20(22)40-14/h15-17,21,23-26H,18H2,1-14H3/t21-,23-,24+,25-,26+/m1/s1. The highest BCUT2D eigenvalue weighted by molar-refractivity contribution is 5.78. The summed E-state index contributed by atoms with van der Waals surface area (Å²) in [5, 5.41) is 0. The lowest BCUT2D eigenvalue weighted by Crippen LogP contribution is -2.64. The Balaban J connectivity index is 2.81. The molecule has 0 N–H and O–H groups in total. The minimum absolute atomic E-state index is 0.103. The Morgan fingerprint density at radius 1 is 0.609 bits per heavy atom. The van der Waals surface area contributed by atoms with Gasteiger partial charge in [0.05, 0.1) is 35.9 Å². The molecule has 1 aromatic carbocycles. The molecule has 0 saturated carbocycles. The zero-order valence-electron chi connectivity index (χ0n) is 29.7. The zero-order chi connectivity index (χ0) is 35.4. The van der Waals surface area contributed by atoms with E-state index >= 15 is 0 Å². The van der Waals surface area contributed by atoms with Crippen LogP contribution in [0.2, 0.25) is 0 Å². The molecule has 0 spiro atoms. The summed E-state index contributed by atoms with van der Waals surface area (Å²) in [6.07, 6.45) is -7.03. The van der Waals surface area contributed by atoms with Crippen LogP contribution in [-0.2, 0) is 42.9 Å². The van der Waals surface area contributed by atoms with Crippen LogP contribution in [0.25, 0.3) is 0 Å². The summed E-state index contributed by atoms with van der Waals surface area (Å²) >= 11 is 0. The number of ether oxygens (including phenoxy) is 8. The number of hydrogen-bond donors (Lipinski definition) is 0. The van der Waals surface area contributed by atoms with Gasteiger partial charge in [0.25, 0.3) is 0 Å². The predicted molar refractivity (Wildman–Crippen MR) is 167 cm³/mol. The number of hydrogen-bond acceptors (Lipinski definition) is 12. The minimum Gasteiger partial charge on any atom is -0.493 e. The molecule has 12 heteroatoms. The van der Waals surface area contributed by atoms with Gasteiger partial charge < -0.3 is 37.9 Å². The lowest BCUT2D eigenvalue weighted by molar-refractivity contribution is -0.293. The third-order valence-corrected chi connectivity index (χ3v) is 6.77. The van der Waals surface area contributed by atoms with Gasteiger partial charge >= 0.3 is 23.9 Å². The highest BCUT2D eigenvalue weighted by Gasteiger charge is 2.56. The van der Waals surface area contributed by atoms with E-state index in [0.29, 0.717) is 0 Å². The van der Waals surface area contributed by atoms with Gasteiger partial charge in [-0.25, -0.2) is 0 Å². The number of methoxy groups -OCH3 is 2. The van der Waals surface area contributed by atoms with Crippen molar-refractivity contribution in [2.45, 2.75) is 114 Å². The molecule has 2 rings (SSSR count). The molecule has 0 amide bonds. The number of carbonyl (C=O) groups is 4. The van der Waals surface area contributed by atoms with Crippen LogP contribution in [0.4, 0.5) is 0 Å². The first-order valence-electron chi connectivity index (χ1n) is 15.3. The molecular weight excluding hydrogens is 600 g/mol. The fourth-order valence-electron chi connectivity index (χ4n) is 3.83. The second kappa shape index (κ2) is 14.5. The second-order valence-electron chi connectivity index (χ2n) is 15.4. The van der Waals surface area contributed by atoms with Crippen molar-refractivity contribution in [1.82, 2.24) is 0 Å². The number of benzene rings is 1. The van der Waals surface area contributed by atoms with Gasteiger partial charge in [-0.2, -0.15) is 0 Å². The van der Waals surface area contributed by atoms with Gasteiger partial charge in [0.1, 0.15) is 12.7 Å². The van der Waals surface area contributed by atoms with Gasteiger partial charge in [0, 0.05) is 0 Å². The summed E-state index contributed by atoms with van der Waals surface area (Å²) in [4.78, 5) is 53.0. The lowest BCUT2D eigenvalue weighted by Gasteiger charge is -2.45. The van der Waals surface area contributed by atoms with Gasteiger partial charge in [0.15, 0.2) is 23.7 Å². The molecule has 5 atom stereocenters. The average molecular weight is 653 g/mol. The van der Waals surface area contributed by atoms with Crippen molar-refractivity contribution in [3.8, 4) is 17.2 Å². The van der Waals surface area contributed by atoms with Crippen molar-refractivity contribution in [2.75, 3.05) is 20.8 Å². The molecular formula is C34H52O12. The topological polar surface area (TPSA) is 142 Å². The summed E-state index contributed by atoms with van der Waals surface area (Å²) in [6, 6.07) is 4.95. The van der Waals surface area contributed by atoms with Crippen LogP contribution in [0.5, 0.6) is 17.2 Å². The van der Waals surface area contributed by atoms with E-state index in [0.717, 1.165) is 0 Å². The van der Waals surface area contributed by atoms with Crippen LogP contribution in [-0.4, -0.2) is 75.4 Å². The molecule has 0 radical (unpaired) electrons. The van der Waals surface area contributed by atoms with E-state index < -0.39 is 82.8 Å². The fraction of sp³-hybridized carbons (Fsp3) is 0.706. The zero-order valence-corrected chi connectivity index (χ0v) is 29.7. The Labute approximate surface area is 272 Å². The second-order valence-corrected chi connectivity index (χ2v) is 15.4. The maximum absolute atomic E-state index is 13.4. The molecule has 1 aromatic rings. The third-order valence-electron chi connectivity index (χ3n) is 6.77. The van der Waals surface area contributed by atoms with Crippen LogP contribution in [0, 0.1) is 21.7 Å². The molecule has 1 saturated heterocycles. The Morgan fingerprint density at radius 3 is 1.39 bits per heavy atom. The van der Waals surface area contributed by atoms with E-state index in [1.807, 2.05) is 0 Å². The van der Waals surface area contributed by atoms with E-state index in [1.165, 1.54) is 14.2 Å². The van der Waals surface area contributed by atoms with Gasteiger partial charge in [-0.1, -0.05) is 6.07 Å². The summed E-state index contributed by atoms with van der Waals surface area (Å²) in [5.74, 6) is -1.91. The predicted octanol–water partition coefficient (Wildman–Crippen LogP) is 5.27. The molecule has 0 aromatic heterocycles. The van der Waals surface area contributed by atoms with Crippen LogP contribution in [0.15, 0.2) is 18.2 Å². The lowest BCUT2D eigenvalue weighted by atomic mass is 9.93. The van der Waals surface area contributed by atoms with Gasteiger partial charge in [-0.3, -0.25) is 19.2 Å². The van der Waals surface area contributed by atoms with Crippen molar-refractivity contribution in [2.24, 2.45) is 21.7 Å². The first-order chi connectivity index (χ1) is 20.9. The minimum atomic E-state index is -1.49. The normalized spacial score (nSPS) is 22.3. The number of esters is 4. The van der Waals surface area contributed by atoms with Gasteiger partial charge in [-0.15, -0.1) is 0 Å². The van der Waals surface area contributed by atoms with E-state index in [1.54, 1.807) is 101 Å². The monoisotopic (exact) mass is 652 g/mol. The molecule has 260 valence electrons. The smallest absolute Gasteiger partial charge is 0.311 e. The van der Waals surface area contributed by atoms with Crippen LogP contribution in [0.3, 0.4) is 0 Å². The molecule has 1 aliphatic heterocycles. The largest absolute Gasteiger partial charge is 0.493 e. The quantitative estimate of drug-likeness (QED) is 0.253. The average Bonchev–Trinajstić information content (AvgIpc) is 2.92. The van der Waals surface area contributed by atoms with Crippen LogP contribution >= 0.6 is 0 Å². The SMILES string of the molecule is COc1cccc(OC)c1O[C@@H]1O[C@H](COC(=O)C(C)(C)C)[C@@H](OC(=O)C(C)(C)C)[C@H](OC(=O)C(C)(C)C)[C@H]1OC(=O)C(C)(C)C. The van der Waals surface area contributed by atoms with Crippen LogP contribution < -0.4 is 14.2 Å². The van der Waals surface area contributed by atoms with E-state index in [4.69, 9.17) is 37.9 Å². The number of para-hydroxylation sites is 1. The van der Waals surface area contributed by atoms with Crippen LogP contribution in [0.1, 0.15) is 83.1 Å². The highest BCUT2D eigenvalue weighted by Crippen LogP contribution is 2.41. The van der Waals surface area contributed by atoms with E-state index in [9.17, 15) is 19.2 Å². The summed E-state index contributed by atoms with van der Waals surface area (Å²) in [6.45, 7) is 19.5. The molecule has 0 bridgehead atoms. The van der Waals surface area contributed by atoms with Crippen molar-refractivity contribution >= 4 is 23.9 Å². The maximum atomic E-state index is 13.4. The molecule has 46 heavy (non-hydrogen) atoms. The van der Waals surface area contributed by atoms with Gasteiger partial charge in [-0.05, 0) is 95.2 Å². The molecule has 0 aliphatic carbocycles. The van der Waals surface area contributed by atoms with Gasteiger partial charge in [0.2, 0.25) is 18.1 Å². The first-order valence-corrected chi connectivity index (χ1v) is 15.3. The Morgan fingerprint density at radius 2 is 1.00 bits per heavy atom. The van der Waals surface area contributed by atoms with E-state index in [2.05, 4.69) is 0 Å². The van der Waals surface area contributed by atoms with Crippen molar-refractivity contribution < 1.29 is 57.1 Å². The van der Waals surface area contributed by atoms with Crippen molar-refractivity contribution in [3.05, 3.63) is 18.2 Å². The van der Waals surface area contributed by atoms with Crippen molar-refractivity contribution in [1.29, 1.82) is 0 Å². The fourth-order valence-corrected chi connectivity index (χ4v) is 3.83. The first kappa shape index (κ1) is 38.6. The molecule has 12 nitrogen and oxygen atoms in total. The molecule has 1 fully saturated rings. The summed E-state index contributed by atoms with van der Waals surface area (Å²) in [7, 11) is 2.87. The molecule has 0 unspecified atom stereocenters. The Hall–Kier alpha value is -3.54.